The second kappa shape index (κ2) is 5.47. The van der Waals surface area contributed by atoms with Crippen molar-refractivity contribution in [3.05, 3.63) is 56.5 Å². The molecule has 0 amide bonds. The van der Waals surface area contributed by atoms with Gasteiger partial charge in [0.2, 0.25) is 0 Å². The molecule has 5 rings (SSSR count). The van der Waals surface area contributed by atoms with Crippen molar-refractivity contribution < 1.29 is 0 Å². The van der Waals surface area contributed by atoms with Gasteiger partial charge in [-0.2, -0.15) is 0 Å². The molecule has 2 aliphatic heterocycles. The third kappa shape index (κ3) is 2.28. The van der Waals surface area contributed by atoms with Crippen molar-refractivity contribution in [3.63, 3.8) is 0 Å². The fourth-order valence-electron chi connectivity index (χ4n) is 3.51. The van der Waals surface area contributed by atoms with Crippen LogP contribution >= 0.6 is 27.3 Å². The number of hydrogen-bond acceptors (Lipinski definition) is 5. The van der Waals surface area contributed by atoms with Crippen molar-refractivity contribution in [3.8, 4) is 0 Å². The van der Waals surface area contributed by atoms with Gasteiger partial charge in [0.05, 0.1) is 17.1 Å². The first-order chi connectivity index (χ1) is 12.1. The van der Waals surface area contributed by atoms with Crippen LogP contribution in [-0.2, 0) is 0 Å². The van der Waals surface area contributed by atoms with Crippen molar-refractivity contribution >= 4 is 54.8 Å². The molecule has 0 aliphatic carbocycles. The van der Waals surface area contributed by atoms with Crippen LogP contribution in [0.4, 0.5) is 5.69 Å². The maximum Gasteiger partial charge on any atom is 0.149 e. The van der Waals surface area contributed by atoms with E-state index in [9.17, 15) is 0 Å². The molecule has 3 aromatic rings. The number of aryl methyl sites for hydroxylation is 2. The van der Waals surface area contributed by atoms with Crippen LogP contribution < -0.4 is 0 Å². The van der Waals surface area contributed by atoms with E-state index < -0.39 is 0 Å². The largest absolute Gasteiger partial charge is 0.308 e. The Labute approximate surface area is 158 Å². The van der Waals surface area contributed by atoms with Gasteiger partial charge in [-0.05, 0) is 37.6 Å². The second-order valence-electron chi connectivity index (χ2n) is 6.34. The number of fused-ring (bicyclic) bond motifs is 5. The van der Waals surface area contributed by atoms with Crippen LogP contribution in [-0.4, -0.2) is 34.6 Å². The lowest BCUT2D eigenvalue weighted by Crippen LogP contribution is -2.37. The summed E-state index contributed by atoms with van der Waals surface area (Å²) in [7, 11) is 0. The molecular weight excluding hydrogens is 396 g/mol. The molecule has 0 unspecified atom stereocenters. The Hall–Kier alpha value is -2.05. The Morgan fingerprint density at radius 2 is 1.92 bits per heavy atom. The van der Waals surface area contributed by atoms with Crippen LogP contribution in [0.3, 0.4) is 0 Å². The quantitative estimate of drug-likeness (QED) is 0.576. The van der Waals surface area contributed by atoms with E-state index in [1.165, 1.54) is 5.56 Å². The van der Waals surface area contributed by atoms with Crippen molar-refractivity contribution in [2.24, 2.45) is 9.98 Å². The van der Waals surface area contributed by atoms with Crippen molar-refractivity contribution in [2.45, 2.75) is 13.8 Å². The third-order valence-electron chi connectivity index (χ3n) is 4.58. The lowest BCUT2D eigenvalue weighted by molar-refractivity contribution is 0.664. The van der Waals surface area contributed by atoms with E-state index in [4.69, 9.17) is 15.0 Å². The van der Waals surface area contributed by atoms with Crippen LogP contribution in [0.25, 0.3) is 10.2 Å². The van der Waals surface area contributed by atoms with Crippen LogP contribution in [0.1, 0.15) is 21.7 Å². The van der Waals surface area contributed by atoms with E-state index in [1.54, 1.807) is 11.3 Å². The number of hydrogen-bond donors (Lipinski definition) is 0. The molecule has 1 aromatic carbocycles. The number of thiophene rings is 1. The standard InChI is InChI=1S/C19H15BrN4S/c1-10-9-11(2)22-19-14(10)15-16(25-19)18-21-7-8-24(18)17(23-15)12-3-5-13(20)6-4-12/h3-6,9H,7-8H2,1-2H3. The lowest BCUT2D eigenvalue weighted by Gasteiger charge is -2.26. The number of benzene rings is 1. The fraction of sp³-hybridized carbons (Fsp3) is 0.211. The molecule has 2 aromatic heterocycles. The number of pyridine rings is 1. The normalized spacial score (nSPS) is 15.9. The Morgan fingerprint density at radius 1 is 1.12 bits per heavy atom. The Bertz CT molecular complexity index is 1080. The van der Waals surface area contributed by atoms with Crippen LogP contribution in [0.5, 0.6) is 0 Å². The number of amidine groups is 2. The van der Waals surface area contributed by atoms with Gasteiger partial charge >= 0.3 is 0 Å². The summed E-state index contributed by atoms with van der Waals surface area (Å²) in [6, 6.07) is 10.5. The zero-order valence-corrected chi connectivity index (χ0v) is 16.3. The summed E-state index contributed by atoms with van der Waals surface area (Å²) in [6.07, 6.45) is 0. The molecule has 6 heteroatoms. The molecule has 2 aliphatic rings. The molecular formula is C19H15BrN4S. The molecule has 0 saturated carbocycles. The summed E-state index contributed by atoms with van der Waals surface area (Å²) in [6.45, 7) is 5.87. The number of nitrogens with zero attached hydrogens (tertiary/aromatic N) is 4. The van der Waals surface area contributed by atoms with E-state index in [-0.39, 0.29) is 0 Å². The van der Waals surface area contributed by atoms with Crippen molar-refractivity contribution in [1.29, 1.82) is 0 Å². The van der Waals surface area contributed by atoms with Gasteiger partial charge in [-0.3, -0.25) is 4.99 Å². The highest BCUT2D eigenvalue weighted by Gasteiger charge is 2.33. The Morgan fingerprint density at radius 3 is 2.72 bits per heavy atom. The van der Waals surface area contributed by atoms with Gasteiger partial charge in [0, 0.05) is 27.7 Å². The van der Waals surface area contributed by atoms with E-state index >= 15 is 0 Å². The topological polar surface area (TPSA) is 40.9 Å². The van der Waals surface area contributed by atoms with Gasteiger partial charge < -0.3 is 4.90 Å². The van der Waals surface area contributed by atoms with E-state index in [1.807, 2.05) is 6.92 Å². The van der Waals surface area contributed by atoms with E-state index in [0.29, 0.717) is 0 Å². The molecule has 0 N–H and O–H groups in total. The predicted molar refractivity (Wildman–Crippen MR) is 108 cm³/mol. The lowest BCUT2D eigenvalue weighted by atomic mass is 10.1. The Kier molecular flexibility index (Phi) is 3.33. The minimum atomic E-state index is 0.810. The summed E-state index contributed by atoms with van der Waals surface area (Å²) in [5.74, 6) is 2.03. The third-order valence-corrected chi connectivity index (χ3v) is 6.18. The fourth-order valence-corrected chi connectivity index (χ4v) is 5.03. The molecule has 0 atom stereocenters. The van der Waals surface area contributed by atoms with E-state index in [0.717, 1.165) is 61.3 Å². The summed E-state index contributed by atoms with van der Waals surface area (Å²) < 4.78 is 1.07. The molecule has 0 saturated heterocycles. The summed E-state index contributed by atoms with van der Waals surface area (Å²) >= 11 is 5.22. The van der Waals surface area contributed by atoms with Crippen molar-refractivity contribution in [1.82, 2.24) is 9.88 Å². The average molecular weight is 411 g/mol. The average Bonchev–Trinajstić information content (AvgIpc) is 3.18. The van der Waals surface area contributed by atoms with Crippen LogP contribution in [0.2, 0.25) is 0 Å². The van der Waals surface area contributed by atoms with E-state index in [2.05, 4.69) is 58.1 Å². The molecule has 0 radical (unpaired) electrons. The molecule has 0 bridgehead atoms. The highest BCUT2D eigenvalue weighted by Crippen LogP contribution is 2.43. The molecule has 25 heavy (non-hydrogen) atoms. The minimum Gasteiger partial charge on any atom is -0.308 e. The van der Waals surface area contributed by atoms with Crippen LogP contribution in [0, 0.1) is 13.8 Å². The van der Waals surface area contributed by atoms with Gasteiger partial charge in [0.15, 0.2) is 0 Å². The highest BCUT2D eigenvalue weighted by atomic mass is 79.9. The number of aliphatic imine (C=N–C) groups is 2. The summed E-state index contributed by atoms with van der Waals surface area (Å²) in [5, 5.41) is 1.16. The highest BCUT2D eigenvalue weighted by molar-refractivity contribution is 9.10. The second-order valence-corrected chi connectivity index (χ2v) is 8.25. The summed E-state index contributed by atoms with van der Waals surface area (Å²) in [5.41, 5.74) is 4.41. The monoisotopic (exact) mass is 410 g/mol. The number of halogens is 1. The number of rotatable bonds is 1. The molecule has 4 heterocycles. The van der Waals surface area contributed by atoms with Gasteiger partial charge in [-0.1, -0.05) is 28.1 Å². The zero-order valence-electron chi connectivity index (χ0n) is 13.9. The first-order valence-electron chi connectivity index (χ1n) is 8.19. The van der Waals surface area contributed by atoms with Gasteiger partial charge in [-0.25, -0.2) is 9.98 Å². The molecule has 0 spiro atoms. The van der Waals surface area contributed by atoms with Gasteiger partial charge in [-0.15, -0.1) is 11.3 Å². The Balaban J connectivity index is 1.81. The number of aromatic nitrogens is 1. The predicted octanol–water partition coefficient (Wildman–Crippen LogP) is 4.83. The maximum atomic E-state index is 5.08. The zero-order chi connectivity index (χ0) is 17.1. The van der Waals surface area contributed by atoms with Gasteiger partial charge in [0.1, 0.15) is 16.5 Å². The smallest absolute Gasteiger partial charge is 0.149 e. The minimum absolute atomic E-state index is 0.810. The first-order valence-corrected chi connectivity index (χ1v) is 9.80. The molecule has 0 fully saturated rings. The SMILES string of the molecule is Cc1cc(C)c2c3c(sc2n1)C1=NCCN1C(c1ccc(Br)cc1)=N3. The summed E-state index contributed by atoms with van der Waals surface area (Å²) in [4.78, 5) is 19.0. The van der Waals surface area contributed by atoms with Crippen molar-refractivity contribution in [2.75, 3.05) is 13.1 Å². The van der Waals surface area contributed by atoms with Crippen LogP contribution in [0.15, 0.2) is 44.8 Å². The first kappa shape index (κ1) is 15.2. The molecule has 4 nitrogen and oxygen atoms in total. The molecule has 124 valence electrons. The maximum absolute atomic E-state index is 5.08. The van der Waals surface area contributed by atoms with Gasteiger partial charge in [0.25, 0.3) is 0 Å².